The van der Waals surface area contributed by atoms with E-state index in [9.17, 15) is 14.0 Å². The summed E-state index contributed by atoms with van der Waals surface area (Å²) < 4.78 is 17.0. The van der Waals surface area contributed by atoms with Crippen LogP contribution in [0.3, 0.4) is 0 Å². The molecule has 4 aromatic rings. The summed E-state index contributed by atoms with van der Waals surface area (Å²) in [5.74, 6) is -0.0765. The van der Waals surface area contributed by atoms with Gasteiger partial charge in [-0.2, -0.15) is 5.10 Å². The molecule has 0 bridgehead atoms. The van der Waals surface area contributed by atoms with E-state index in [4.69, 9.17) is 10.8 Å². The highest BCUT2D eigenvalue weighted by Gasteiger charge is 2.29. The van der Waals surface area contributed by atoms with Crippen LogP contribution in [0.5, 0.6) is 0 Å². The third kappa shape index (κ3) is 5.17. The van der Waals surface area contributed by atoms with Crippen LogP contribution in [0, 0.1) is 12.7 Å². The fourth-order valence-corrected chi connectivity index (χ4v) is 4.32. The highest BCUT2D eigenvalue weighted by molar-refractivity contribution is 5.94. The lowest BCUT2D eigenvalue weighted by molar-refractivity contribution is 0.0654. The number of hydrogen-bond donors (Lipinski definition) is 1. The zero-order valence-corrected chi connectivity index (χ0v) is 20.0. The van der Waals surface area contributed by atoms with Gasteiger partial charge in [-0.25, -0.2) is 8.91 Å². The maximum absolute atomic E-state index is 13.9. The molecule has 182 valence electrons. The fourth-order valence-electron chi connectivity index (χ4n) is 4.32. The van der Waals surface area contributed by atoms with Crippen LogP contribution in [-0.2, 0) is 6.54 Å². The Morgan fingerprint density at radius 3 is 2.60 bits per heavy atom. The lowest BCUT2D eigenvalue weighted by Gasteiger charge is -2.32. The minimum atomic E-state index is -0.483. The second-order valence-electron chi connectivity index (χ2n) is 8.65. The average molecular weight is 476 g/mol. The van der Waals surface area contributed by atoms with Crippen LogP contribution in [0.25, 0.3) is 5.52 Å². The van der Waals surface area contributed by atoms with Crippen molar-refractivity contribution in [1.29, 1.82) is 0 Å². The van der Waals surface area contributed by atoms with Gasteiger partial charge in [0.05, 0.1) is 12.6 Å². The highest BCUT2D eigenvalue weighted by atomic mass is 19.1. The Morgan fingerprint density at radius 2 is 1.91 bits per heavy atom. The van der Waals surface area contributed by atoms with Gasteiger partial charge in [0.25, 0.3) is 11.5 Å². The number of nitrogens with zero attached hydrogens (tertiary/aromatic N) is 4. The summed E-state index contributed by atoms with van der Waals surface area (Å²) in [4.78, 5) is 28.9. The van der Waals surface area contributed by atoms with Crippen LogP contribution in [0.15, 0.2) is 71.7 Å². The van der Waals surface area contributed by atoms with Gasteiger partial charge < -0.3 is 10.6 Å². The van der Waals surface area contributed by atoms with E-state index in [0.717, 1.165) is 5.56 Å². The molecule has 0 saturated heterocycles. The molecule has 1 unspecified atom stereocenters. The number of aromatic nitrogens is 3. The average Bonchev–Trinajstić information content (AvgIpc) is 3.33. The lowest BCUT2D eigenvalue weighted by Crippen LogP contribution is -2.40. The number of carbonyl (C=O) groups is 1. The predicted octanol–water partition coefficient (Wildman–Crippen LogP) is 3.93. The first-order valence-corrected chi connectivity index (χ1v) is 11.8. The topological polar surface area (TPSA) is 85.6 Å². The fraction of sp³-hybridized carbons (Fsp3) is 0.296. The Labute approximate surface area is 203 Å². The van der Waals surface area contributed by atoms with E-state index in [2.05, 4.69) is 0 Å². The van der Waals surface area contributed by atoms with Gasteiger partial charge in [0.1, 0.15) is 11.3 Å². The maximum Gasteiger partial charge on any atom is 0.278 e. The largest absolute Gasteiger partial charge is 0.330 e. The lowest BCUT2D eigenvalue weighted by atomic mass is 10.1. The van der Waals surface area contributed by atoms with Gasteiger partial charge in [0, 0.05) is 18.3 Å². The summed E-state index contributed by atoms with van der Waals surface area (Å²) in [6.07, 6.45) is 2.85. The maximum atomic E-state index is 13.9. The minimum absolute atomic E-state index is 0.139. The summed E-state index contributed by atoms with van der Waals surface area (Å²) in [6, 6.07) is 16.5. The van der Waals surface area contributed by atoms with Gasteiger partial charge in [0.15, 0.2) is 5.82 Å². The quantitative estimate of drug-likeness (QED) is 0.397. The smallest absolute Gasteiger partial charge is 0.278 e. The van der Waals surface area contributed by atoms with E-state index in [1.165, 1.54) is 12.1 Å². The van der Waals surface area contributed by atoms with Gasteiger partial charge in [0.2, 0.25) is 0 Å². The SMILES string of the molecule is CCC(c1nn2cccc2c(=O)n1Cc1cccc(F)c1)N(CCCN)C(=O)c1ccc(C)cc1. The molecule has 0 fully saturated rings. The molecule has 2 aromatic carbocycles. The molecule has 0 aliphatic rings. The van der Waals surface area contributed by atoms with Crippen LogP contribution in [0.1, 0.15) is 53.1 Å². The minimum Gasteiger partial charge on any atom is -0.330 e. The molecule has 0 spiro atoms. The monoisotopic (exact) mass is 475 g/mol. The molecular formula is C27H30FN5O2. The number of carbonyl (C=O) groups excluding carboxylic acids is 1. The Hall–Kier alpha value is -3.78. The zero-order chi connectivity index (χ0) is 24.9. The summed E-state index contributed by atoms with van der Waals surface area (Å²) in [5, 5.41) is 4.77. The van der Waals surface area contributed by atoms with Crippen LogP contribution in [-0.4, -0.2) is 38.1 Å². The molecular weight excluding hydrogens is 445 g/mol. The van der Waals surface area contributed by atoms with Gasteiger partial charge >= 0.3 is 0 Å². The number of aryl methyl sites for hydroxylation is 1. The van der Waals surface area contributed by atoms with Crippen molar-refractivity contribution in [2.75, 3.05) is 13.1 Å². The van der Waals surface area contributed by atoms with E-state index < -0.39 is 6.04 Å². The second-order valence-corrected chi connectivity index (χ2v) is 8.65. The van der Waals surface area contributed by atoms with Crippen LogP contribution in [0.4, 0.5) is 4.39 Å². The summed E-state index contributed by atoms with van der Waals surface area (Å²) in [6.45, 7) is 4.91. The third-order valence-electron chi connectivity index (χ3n) is 6.13. The van der Waals surface area contributed by atoms with Crippen molar-refractivity contribution in [2.45, 2.75) is 39.3 Å². The van der Waals surface area contributed by atoms with E-state index in [0.29, 0.717) is 48.4 Å². The molecule has 0 aliphatic carbocycles. The first kappa shape index (κ1) is 24.3. The standard InChI is InChI=1S/C27H30FN5O2/c1-3-23(31(15-6-14-29)26(34)21-12-10-19(2)11-13-21)25-30-33-16-5-9-24(33)27(35)32(25)18-20-7-4-8-22(28)17-20/h4-5,7-13,16-17,23H,3,6,14-15,18,29H2,1-2H3. The van der Waals surface area contributed by atoms with Crippen molar-refractivity contribution >= 4 is 11.4 Å². The molecule has 2 aromatic heterocycles. The first-order valence-electron chi connectivity index (χ1n) is 11.8. The van der Waals surface area contributed by atoms with Crippen molar-refractivity contribution < 1.29 is 9.18 Å². The number of halogens is 1. The Bertz CT molecular complexity index is 1380. The molecule has 0 saturated carbocycles. The number of hydrogen-bond acceptors (Lipinski definition) is 4. The van der Waals surface area contributed by atoms with Crippen molar-refractivity contribution in [3.05, 3.63) is 106 Å². The van der Waals surface area contributed by atoms with Crippen molar-refractivity contribution in [1.82, 2.24) is 19.1 Å². The Balaban J connectivity index is 1.84. The molecule has 35 heavy (non-hydrogen) atoms. The van der Waals surface area contributed by atoms with Crippen LogP contribution >= 0.6 is 0 Å². The number of benzene rings is 2. The Kier molecular flexibility index (Phi) is 7.41. The summed E-state index contributed by atoms with van der Waals surface area (Å²) in [5.41, 5.74) is 8.23. The van der Waals surface area contributed by atoms with E-state index in [1.807, 2.05) is 38.1 Å². The molecule has 0 aliphatic heterocycles. The molecule has 2 N–H and O–H groups in total. The molecule has 4 rings (SSSR count). The first-order chi connectivity index (χ1) is 16.9. The van der Waals surface area contributed by atoms with Gasteiger partial charge in [-0.1, -0.05) is 36.8 Å². The third-order valence-corrected chi connectivity index (χ3v) is 6.13. The Morgan fingerprint density at radius 1 is 1.14 bits per heavy atom. The molecule has 0 radical (unpaired) electrons. The number of amides is 1. The van der Waals surface area contributed by atoms with E-state index in [-0.39, 0.29) is 23.8 Å². The zero-order valence-electron chi connectivity index (χ0n) is 20.0. The predicted molar refractivity (Wildman–Crippen MR) is 134 cm³/mol. The van der Waals surface area contributed by atoms with Crippen molar-refractivity contribution in [2.24, 2.45) is 5.73 Å². The summed E-state index contributed by atoms with van der Waals surface area (Å²) >= 11 is 0. The summed E-state index contributed by atoms with van der Waals surface area (Å²) in [7, 11) is 0. The molecule has 1 amide bonds. The van der Waals surface area contributed by atoms with Gasteiger partial charge in [-0.05, 0) is 68.3 Å². The normalized spacial score (nSPS) is 12.1. The van der Waals surface area contributed by atoms with Crippen LogP contribution < -0.4 is 11.3 Å². The van der Waals surface area contributed by atoms with E-state index in [1.54, 1.807) is 44.4 Å². The number of nitrogens with two attached hydrogens (primary N) is 1. The van der Waals surface area contributed by atoms with Gasteiger partial charge in [-0.3, -0.25) is 14.2 Å². The highest BCUT2D eigenvalue weighted by Crippen LogP contribution is 2.25. The number of fused-ring (bicyclic) bond motifs is 1. The van der Waals surface area contributed by atoms with Crippen molar-refractivity contribution in [3.8, 4) is 0 Å². The molecule has 2 heterocycles. The molecule has 1 atom stereocenters. The molecule has 8 heteroatoms. The van der Waals surface area contributed by atoms with E-state index >= 15 is 0 Å². The van der Waals surface area contributed by atoms with Gasteiger partial charge in [-0.15, -0.1) is 0 Å². The second kappa shape index (κ2) is 10.7. The van der Waals surface area contributed by atoms with Crippen molar-refractivity contribution in [3.63, 3.8) is 0 Å². The number of rotatable bonds is 9. The molecule has 7 nitrogen and oxygen atoms in total. The van der Waals surface area contributed by atoms with Crippen LogP contribution in [0.2, 0.25) is 0 Å².